The molecule has 1 saturated carbocycles. The second kappa shape index (κ2) is 6.77. The van der Waals surface area contributed by atoms with E-state index in [1.807, 2.05) is 0 Å². The van der Waals surface area contributed by atoms with Crippen molar-refractivity contribution in [2.24, 2.45) is 0 Å². The lowest BCUT2D eigenvalue weighted by atomic mass is 9.76. The molecule has 2 aromatic carbocycles. The van der Waals surface area contributed by atoms with Gasteiger partial charge < -0.3 is 14.6 Å². The Morgan fingerprint density at radius 3 is 2.62 bits per heavy atom. The molecule has 5 nitrogen and oxygen atoms in total. The van der Waals surface area contributed by atoms with E-state index in [4.69, 9.17) is 21.1 Å². The number of halogens is 1. The summed E-state index contributed by atoms with van der Waals surface area (Å²) in [6, 6.07) is 8.30. The summed E-state index contributed by atoms with van der Waals surface area (Å²) in [6.45, 7) is 0. The lowest BCUT2D eigenvalue weighted by Gasteiger charge is -2.42. The maximum absolute atomic E-state index is 13.0. The number of ketones is 1. The van der Waals surface area contributed by atoms with E-state index < -0.39 is 5.60 Å². The zero-order valence-corrected chi connectivity index (χ0v) is 16.6. The first kappa shape index (κ1) is 18.5. The number of carbonyl (C=O) groups excluding carboxylic acids is 2. The number of benzene rings is 2. The predicted octanol–water partition coefficient (Wildman–Crippen LogP) is 5.15. The van der Waals surface area contributed by atoms with Crippen molar-refractivity contribution in [1.29, 1.82) is 0 Å². The minimum atomic E-state index is -0.462. The topological polar surface area (TPSA) is 72.8 Å². The van der Waals surface area contributed by atoms with Gasteiger partial charge in [0.05, 0.1) is 23.4 Å². The normalized spacial score (nSPS) is 22.4. The van der Waals surface area contributed by atoms with Gasteiger partial charge in [-0.05, 0) is 55.5 Å². The summed E-state index contributed by atoms with van der Waals surface area (Å²) < 4.78 is 12.1. The first-order chi connectivity index (χ1) is 14.0. The fraction of sp³-hybridized carbons (Fsp3) is 0.391. The summed E-state index contributed by atoms with van der Waals surface area (Å²) >= 11 is 6.13. The molecule has 3 aliphatic rings. The van der Waals surface area contributed by atoms with Crippen LogP contribution in [0.2, 0.25) is 5.02 Å². The van der Waals surface area contributed by atoms with E-state index in [1.54, 1.807) is 24.3 Å². The van der Waals surface area contributed by atoms with Crippen LogP contribution in [0.25, 0.3) is 0 Å². The number of phenolic OH excluding ortho intramolecular Hbond substituents is 1. The fourth-order valence-electron chi connectivity index (χ4n) is 4.90. The highest BCUT2D eigenvalue weighted by Gasteiger charge is 2.44. The van der Waals surface area contributed by atoms with Gasteiger partial charge in [0.1, 0.15) is 22.8 Å². The summed E-state index contributed by atoms with van der Waals surface area (Å²) in [5.74, 6) is 0.330. The molecule has 1 N–H and O–H groups in total. The molecule has 0 unspecified atom stereocenters. The molecular weight excluding hydrogens is 392 g/mol. The van der Waals surface area contributed by atoms with Crippen LogP contribution in [-0.2, 0) is 4.79 Å². The number of Topliss-reactive ketones (excluding diaryl/α,β-unsaturated/α-hetero) is 1. The van der Waals surface area contributed by atoms with Crippen molar-refractivity contribution in [2.45, 2.75) is 56.5 Å². The summed E-state index contributed by atoms with van der Waals surface area (Å²) in [5, 5.41) is 10.0. The number of fused-ring (bicyclic) bond motifs is 3. The van der Waals surface area contributed by atoms with Gasteiger partial charge in [-0.2, -0.15) is 0 Å². The molecule has 0 radical (unpaired) electrons. The average Bonchev–Trinajstić information content (AvgIpc) is 2.69. The molecular formula is C23H21ClO5. The molecule has 0 aromatic heterocycles. The summed E-state index contributed by atoms with van der Waals surface area (Å²) in [6.07, 6.45) is 5.48. The average molecular weight is 413 g/mol. The molecule has 1 aliphatic carbocycles. The lowest BCUT2D eigenvalue weighted by Crippen LogP contribution is -2.44. The Morgan fingerprint density at radius 2 is 1.86 bits per heavy atom. The van der Waals surface area contributed by atoms with Crippen molar-refractivity contribution >= 4 is 23.4 Å². The van der Waals surface area contributed by atoms with Crippen LogP contribution in [0.4, 0.5) is 0 Å². The quantitative estimate of drug-likeness (QED) is 0.517. The zero-order valence-electron chi connectivity index (χ0n) is 15.9. The third kappa shape index (κ3) is 3.08. The molecule has 0 saturated heterocycles. The summed E-state index contributed by atoms with van der Waals surface area (Å²) in [4.78, 5) is 25.3. The van der Waals surface area contributed by atoms with Crippen molar-refractivity contribution in [3.8, 4) is 17.2 Å². The van der Waals surface area contributed by atoms with Crippen LogP contribution in [0.3, 0.4) is 0 Å². The number of hydrogen-bond acceptors (Lipinski definition) is 5. The second-order valence-corrected chi connectivity index (χ2v) is 8.65. The number of rotatable bonds is 1. The first-order valence-corrected chi connectivity index (χ1v) is 10.4. The first-order valence-electron chi connectivity index (χ1n) is 10.0. The van der Waals surface area contributed by atoms with E-state index in [0.29, 0.717) is 23.5 Å². The van der Waals surface area contributed by atoms with Crippen LogP contribution in [0.5, 0.6) is 17.2 Å². The third-order valence-corrected chi connectivity index (χ3v) is 6.64. The van der Waals surface area contributed by atoms with Crippen LogP contribution in [0, 0.1) is 0 Å². The Labute approximate surface area is 173 Å². The maximum atomic E-state index is 13.0. The van der Waals surface area contributed by atoms with Crippen molar-refractivity contribution in [3.05, 3.63) is 52.0 Å². The smallest absolute Gasteiger partial charge is 0.312 e. The van der Waals surface area contributed by atoms with Gasteiger partial charge in [-0.3, -0.25) is 9.59 Å². The fourth-order valence-corrected chi connectivity index (χ4v) is 5.09. The number of hydrogen-bond donors (Lipinski definition) is 1. The molecule has 1 atom stereocenters. The SMILES string of the molecule is O=C1C[C@@H](c2ccc(O)c(Cl)c2)c2c(ccc3c2OC2(CCCCC2)CC3=O)O1. The highest BCUT2D eigenvalue weighted by molar-refractivity contribution is 6.32. The van der Waals surface area contributed by atoms with Gasteiger partial charge in [0.15, 0.2) is 5.78 Å². The van der Waals surface area contributed by atoms with Gasteiger partial charge in [0.25, 0.3) is 0 Å². The monoisotopic (exact) mass is 412 g/mol. The Morgan fingerprint density at radius 1 is 1.07 bits per heavy atom. The van der Waals surface area contributed by atoms with Gasteiger partial charge in [0, 0.05) is 11.5 Å². The van der Waals surface area contributed by atoms with E-state index in [9.17, 15) is 14.7 Å². The van der Waals surface area contributed by atoms with Crippen molar-refractivity contribution < 1.29 is 24.2 Å². The van der Waals surface area contributed by atoms with E-state index in [-0.39, 0.29) is 34.9 Å². The van der Waals surface area contributed by atoms with E-state index in [0.717, 1.165) is 43.2 Å². The molecule has 0 amide bonds. The van der Waals surface area contributed by atoms with Gasteiger partial charge in [-0.1, -0.05) is 24.1 Å². The van der Waals surface area contributed by atoms with Gasteiger partial charge in [-0.15, -0.1) is 0 Å². The minimum Gasteiger partial charge on any atom is -0.506 e. The molecule has 6 heteroatoms. The molecule has 5 rings (SSSR count). The van der Waals surface area contributed by atoms with E-state index in [1.165, 1.54) is 6.07 Å². The molecule has 2 aliphatic heterocycles. The number of phenols is 1. The van der Waals surface area contributed by atoms with Gasteiger partial charge in [0.2, 0.25) is 0 Å². The standard InChI is InChI=1S/C23H21ClO5/c24-16-10-13(4-6-17(16)25)15-11-20(27)28-19-7-5-14-18(26)12-23(8-2-1-3-9-23)29-22(14)21(15)19/h4-7,10,15,25H,1-3,8-9,11-12H2/t15-/m0/s1. The van der Waals surface area contributed by atoms with Crippen LogP contribution in [0.15, 0.2) is 30.3 Å². The predicted molar refractivity (Wildman–Crippen MR) is 107 cm³/mol. The number of carbonyl (C=O) groups is 2. The largest absolute Gasteiger partial charge is 0.506 e. The number of ether oxygens (including phenoxy) is 2. The number of aromatic hydroxyl groups is 1. The lowest BCUT2D eigenvalue weighted by molar-refractivity contribution is -0.135. The second-order valence-electron chi connectivity index (χ2n) is 8.24. The van der Waals surface area contributed by atoms with Crippen molar-refractivity contribution in [1.82, 2.24) is 0 Å². The van der Waals surface area contributed by atoms with Gasteiger partial charge >= 0.3 is 5.97 Å². The Kier molecular flexibility index (Phi) is 4.32. The van der Waals surface area contributed by atoms with Crippen molar-refractivity contribution in [2.75, 3.05) is 0 Å². The molecule has 2 heterocycles. The summed E-state index contributed by atoms with van der Waals surface area (Å²) in [5.41, 5.74) is 1.59. The van der Waals surface area contributed by atoms with Gasteiger partial charge in [-0.25, -0.2) is 0 Å². The third-order valence-electron chi connectivity index (χ3n) is 6.34. The molecule has 2 aromatic rings. The van der Waals surface area contributed by atoms with E-state index >= 15 is 0 Å². The Bertz CT molecular complexity index is 1020. The summed E-state index contributed by atoms with van der Waals surface area (Å²) in [7, 11) is 0. The highest BCUT2D eigenvalue weighted by atomic mass is 35.5. The van der Waals surface area contributed by atoms with Crippen LogP contribution >= 0.6 is 11.6 Å². The Hall–Kier alpha value is -2.53. The maximum Gasteiger partial charge on any atom is 0.312 e. The molecule has 0 bridgehead atoms. The van der Waals surface area contributed by atoms with E-state index in [2.05, 4.69) is 0 Å². The van der Waals surface area contributed by atoms with Crippen LogP contribution in [-0.4, -0.2) is 22.5 Å². The highest BCUT2D eigenvalue weighted by Crippen LogP contribution is 2.51. The van der Waals surface area contributed by atoms with Crippen molar-refractivity contribution in [3.63, 3.8) is 0 Å². The molecule has 1 spiro atoms. The van der Waals surface area contributed by atoms with Crippen LogP contribution in [0.1, 0.15) is 72.3 Å². The Balaban J connectivity index is 1.67. The molecule has 1 fully saturated rings. The van der Waals surface area contributed by atoms with Crippen LogP contribution < -0.4 is 9.47 Å². The zero-order chi connectivity index (χ0) is 20.2. The molecule has 29 heavy (non-hydrogen) atoms. The number of esters is 1. The minimum absolute atomic E-state index is 0.0169. The molecule has 150 valence electrons.